The first-order valence-corrected chi connectivity index (χ1v) is 10.1. The Morgan fingerprint density at radius 1 is 1.10 bits per heavy atom. The van der Waals surface area contributed by atoms with E-state index < -0.39 is 11.9 Å². The van der Waals surface area contributed by atoms with Crippen LogP contribution in [0.3, 0.4) is 0 Å². The Morgan fingerprint density at radius 3 is 2.57 bits per heavy atom. The fourth-order valence-corrected chi connectivity index (χ4v) is 4.25. The van der Waals surface area contributed by atoms with Gasteiger partial charge in [0.25, 0.3) is 0 Å². The molecule has 2 aliphatic heterocycles. The summed E-state index contributed by atoms with van der Waals surface area (Å²) >= 11 is 0. The predicted molar refractivity (Wildman–Crippen MR) is 111 cm³/mol. The van der Waals surface area contributed by atoms with E-state index >= 15 is 0 Å². The lowest BCUT2D eigenvalue weighted by Crippen LogP contribution is -2.31. The van der Waals surface area contributed by atoms with Crippen LogP contribution in [0, 0.1) is 11.8 Å². The summed E-state index contributed by atoms with van der Waals surface area (Å²) in [6, 6.07) is 15.9. The summed E-state index contributed by atoms with van der Waals surface area (Å²) in [5.41, 5.74) is 4.14. The maximum atomic E-state index is 11.9. The number of esters is 1. The van der Waals surface area contributed by atoms with Gasteiger partial charge in [-0.15, -0.1) is 0 Å². The Kier molecular flexibility index (Phi) is 6.09. The van der Waals surface area contributed by atoms with Gasteiger partial charge in [0.2, 0.25) is 0 Å². The molecule has 2 saturated heterocycles. The lowest BCUT2D eigenvalue weighted by molar-refractivity contribution is -0.133. The molecule has 0 amide bonds. The highest BCUT2D eigenvalue weighted by Gasteiger charge is 2.47. The number of fused-ring (bicyclic) bond motifs is 2. The summed E-state index contributed by atoms with van der Waals surface area (Å²) in [7, 11) is 0. The zero-order valence-corrected chi connectivity index (χ0v) is 16.4. The van der Waals surface area contributed by atoms with E-state index in [-0.39, 0.29) is 36.2 Å². The van der Waals surface area contributed by atoms with Gasteiger partial charge in [-0.05, 0) is 55.0 Å². The third-order valence-electron chi connectivity index (χ3n) is 5.70. The lowest BCUT2D eigenvalue weighted by Gasteiger charge is -2.25. The maximum Gasteiger partial charge on any atom is 0.335 e. The molecule has 30 heavy (non-hydrogen) atoms. The fraction of sp³-hybridized carbons (Fsp3) is 0.348. The highest BCUT2D eigenvalue weighted by atomic mass is 16.5. The molecule has 2 bridgehead atoms. The third-order valence-corrected chi connectivity index (χ3v) is 5.70. The fourth-order valence-electron chi connectivity index (χ4n) is 4.25. The van der Waals surface area contributed by atoms with E-state index in [1.807, 2.05) is 24.4 Å². The van der Waals surface area contributed by atoms with Crippen molar-refractivity contribution in [3.8, 4) is 5.75 Å². The van der Waals surface area contributed by atoms with E-state index in [1.165, 1.54) is 0 Å². The van der Waals surface area contributed by atoms with E-state index in [0.29, 0.717) is 5.75 Å². The molecule has 4 atom stereocenters. The molecule has 0 radical (unpaired) electrons. The van der Waals surface area contributed by atoms with E-state index in [0.717, 1.165) is 24.8 Å². The molecule has 2 aromatic carbocycles. The molecular formula is C23H24N2O5. The van der Waals surface area contributed by atoms with Gasteiger partial charge in [-0.3, -0.25) is 5.43 Å². The Morgan fingerprint density at radius 2 is 1.83 bits per heavy atom. The molecule has 0 spiro atoms. The summed E-state index contributed by atoms with van der Waals surface area (Å²) in [6.45, 7) is -0.0195. The van der Waals surface area contributed by atoms with Gasteiger partial charge in [0, 0.05) is 12.1 Å². The van der Waals surface area contributed by atoms with E-state index in [2.05, 4.69) is 10.5 Å². The number of carboxylic acid groups (broad SMARTS) is 1. The number of hydrazone groups is 1. The van der Waals surface area contributed by atoms with Crippen molar-refractivity contribution in [3.05, 3.63) is 65.7 Å². The molecule has 4 unspecified atom stereocenters. The smallest absolute Gasteiger partial charge is 0.335 e. The van der Waals surface area contributed by atoms with Gasteiger partial charge in [0.05, 0.1) is 17.8 Å². The van der Waals surface area contributed by atoms with Gasteiger partial charge < -0.3 is 14.6 Å². The minimum absolute atomic E-state index is 0.0195. The van der Waals surface area contributed by atoms with E-state index in [4.69, 9.17) is 14.6 Å². The Bertz CT molecular complexity index is 913. The molecular weight excluding hydrogens is 384 g/mol. The van der Waals surface area contributed by atoms with Crippen LogP contribution < -0.4 is 10.2 Å². The van der Waals surface area contributed by atoms with Crippen molar-refractivity contribution in [1.29, 1.82) is 0 Å². The second-order valence-corrected chi connectivity index (χ2v) is 7.64. The van der Waals surface area contributed by atoms with Crippen LogP contribution in [-0.4, -0.2) is 42.0 Å². The number of para-hydroxylation sites is 1. The molecule has 2 aliphatic rings. The number of ether oxygens (including phenoxy) is 2. The number of carbonyl (C=O) groups is 2. The number of nitrogens with one attached hydrogen (secondary N) is 1. The SMILES string of the molecule is O=C(CN/N=C\C1C2CCC(O2)C1Cc1ccc(C(=O)O)cc1)Oc1ccccc1. The first-order valence-electron chi connectivity index (χ1n) is 10.1. The van der Waals surface area contributed by atoms with Gasteiger partial charge in [0.15, 0.2) is 0 Å². The zero-order chi connectivity index (χ0) is 20.9. The van der Waals surface area contributed by atoms with Gasteiger partial charge >= 0.3 is 11.9 Å². The van der Waals surface area contributed by atoms with Gasteiger partial charge in [-0.25, -0.2) is 9.59 Å². The van der Waals surface area contributed by atoms with Crippen LogP contribution in [0.2, 0.25) is 0 Å². The number of hydrogen-bond acceptors (Lipinski definition) is 6. The van der Waals surface area contributed by atoms with Crippen LogP contribution in [0.5, 0.6) is 5.75 Å². The highest BCUT2D eigenvalue weighted by molar-refractivity contribution is 5.87. The van der Waals surface area contributed by atoms with Gasteiger partial charge in [-0.1, -0.05) is 30.3 Å². The van der Waals surface area contributed by atoms with Crippen molar-refractivity contribution in [1.82, 2.24) is 5.43 Å². The van der Waals surface area contributed by atoms with Crippen LogP contribution in [0.25, 0.3) is 0 Å². The topological polar surface area (TPSA) is 97.2 Å². The average molecular weight is 408 g/mol. The molecule has 4 rings (SSSR count). The van der Waals surface area contributed by atoms with E-state index in [1.54, 1.807) is 36.4 Å². The number of rotatable bonds is 8. The van der Waals surface area contributed by atoms with Crippen molar-refractivity contribution < 1.29 is 24.2 Å². The third kappa shape index (κ3) is 4.68. The molecule has 2 heterocycles. The standard InChI is InChI=1S/C23H24N2O5/c26-22(29-17-4-2-1-3-5-17)14-25-24-13-19-18(20-10-11-21(19)30-20)12-15-6-8-16(9-7-15)23(27)28/h1-9,13,18-21,25H,10-12,14H2,(H,27,28)/b24-13-. The molecule has 0 aliphatic carbocycles. The molecule has 156 valence electrons. The Balaban J connectivity index is 1.31. The van der Waals surface area contributed by atoms with Crippen LogP contribution in [0.1, 0.15) is 28.8 Å². The summed E-state index contributed by atoms with van der Waals surface area (Å²) in [5, 5.41) is 13.3. The van der Waals surface area contributed by atoms with Crippen LogP contribution in [0.4, 0.5) is 0 Å². The van der Waals surface area contributed by atoms with Gasteiger partial charge in [0.1, 0.15) is 12.3 Å². The number of carbonyl (C=O) groups excluding carboxylic acids is 1. The number of nitrogens with zero attached hydrogens (tertiary/aromatic N) is 1. The Labute approximate surface area is 174 Å². The van der Waals surface area contributed by atoms with E-state index in [9.17, 15) is 9.59 Å². The number of benzene rings is 2. The van der Waals surface area contributed by atoms with Crippen molar-refractivity contribution in [3.63, 3.8) is 0 Å². The second-order valence-electron chi connectivity index (χ2n) is 7.64. The van der Waals surface area contributed by atoms with Crippen molar-refractivity contribution >= 4 is 18.2 Å². The molecule has 0 aromatic heterocycles. The average Bonchev–Trinajstić information content (AvgIpc) is 3.35. The van der Waals surface area contributed by atoms with Crippen LogP contribution >= 0.6 is 0 Å². The minimum atomic E-state index is -0.924. The monoisotopic (exact) mass is 408 g/mol. The molecule has 2 fully saturated rings. The maximum absolute atomic E-state index is 11.9. The largest absolute Gasteiger partial charge is 0.478 e. The normalized spacial score (nSPS) is 24.8. The number of aromatic carboxylic acids is 1. The first kappa shape index (κ1) is 20.1. The Hall–Kier alpha value is -3.19. The summed E-state index contributed by atoms with van der Waals surface area (Å²) in [4.78, 5) is 22.9. The van der Waals surface area contributed by atoms with Crippen molar-refractivity contribution in [2.75, 3.05) is 6.54 Å². The summed E-state index contributed by atoms with van der Waals surface area (Å²) in [5.74, 6) is -0.394. The summed E-state index contributed by atoms with van der Waals surface area (Å²) in [6.07, 6.45) is 5.01. The second kappa shape index (κ2) is 9.09. The van der Waals surface area contributed by atoms with Gasteiger partial charge in [-0.2, -0.15) is 5.10 Å². The first-order chi connectivity index (χ1) is 14.6. The minimum Gasteiger partial charge on any atom is -0.478 e. The molecule has 7 heteroatoms. The number of carboxylic acids is 1. The lowest BCUT2D eigenvalue weighted by atomic mass is 9.77. The van der Waals surface area contributed by atoms with Crippen LogP contribution in [0.15, 0.2) is 59.7 Å². The predicted octanol–water partition coefficient (Wildman–Crippen LogP) is 2.90. The molecule has 0 saturated carbocycles. The quantitative estimate of drug-likeness (QED) is 0.302. The number of hydrogen-bond donors (Lipinski definition) is 2. The highest BCUT2D eigenvalue weighted by Crippen LogP contribution is 2.44. The van der Waals surface area contributed by atoms with Crippen molar-refractivity contribution in [2.45, 2.75) is 31.5 Å². The molecule has 7 nitrogen and oxygen atoms in total. The van der Waals surface area contributed by atoms with Crippen LogP contribution in [-0.2, 0) is 16.0 Å². The molecule has 2 N–H and O–H groups in total. The van der Waals surface area contributed by atoms with Crippen molar-refractivity contribution in [2.24, 2.45) is 16.9 Å². The zero-order valence-electron chi connectivity index (χ0n) is 16.4. The summed E-state index contributed by atoms with van der Waals surface area (Å²) < 4.78 is 11.3. The molecule has 2 aromatic rings.